The summed E-state index contributed by atoms with van der Waals surface area (Å²) >= 11 is 0. The van der Waals surface area contributed by atoms with Crippen LogP contribution >= 0.6 is 0 Å². The number of carbonyl (C=O) groups is 1. The van der Waals surface area contributed by atoms with Crippen molar-refractivity contribution in [3.63, 3.8) is 0 Å². The normalized spacial score (nSPS) is 19.6. The second-order valence-electron chi connectivity index (χ2n) is 8.31. The topological polar surface area (TPSA) is 114 Å². The van der Waals surface area contributed by atoms with Gasteiger partial charge in [-0.25, -0.2) is 0 Å². The number of amides is 1. The lowest BCUT2D eigenvalue weighted by atomic mass is 9.90. The Morgan fingerprint density at radius 2 is 1.91 bits per heavy atom. The largest absolute Gasteiger partial charge is 0.508 e. The monoisotopic (exact) mass is 438 g/mol. The van der Waals surface area contributed by atoms with Crippen molar-refractivity contribution in [3.8, 4) is 5.75 Å². The number of carbonyl (C=O) groups excluding carboxylic acids is 1. The Morgan fingerprint density at radius 3 is 2.66 bits per heavy atom. The van der Waals surface area contributed by atoms with Gasteiger partial charge in [-0.3, -0.25) is 4.79 Å². The number of phenols is 1. The molecule has 32 heavy (non-hydrogen) atoms. The van der Waals surface area contributed by atoms with Crippen molar-refractivity contribution in [2.75, 3.05) is 19.0 Å². The highest BCUT2D eigenvalue weighted by Gasteiger charge is 2.27. The number of phenolic OH excluding ortho intramolecular Hbond substituents is 1. The molecule has 9 heteroatoms. The summed E-state index contributed by atoms with van der Waals surface area (Å²) in [6.45, 7) is 2.46. The van der Waals surface area contributed by atoms with Crippen molar-refractivity contribution in [3.05, 3.63) is 47.8 Å². The molecule has 0 unspecified atom stereocenters. The van der Waals surface area contributed by atoms with Crippen LogP contribution in [0.15, 0.2) is 36.4 Å². The van der Waals surface area contributed by atoms with E-state index in [2.05, 4.69) is 20.8 Å². The van der Waals surface area contributed by atoms with Gasteiger partial charge in [-0.05, 0) is 42.7 Å². The fourth-order valence-electron chi connectivity index (χ4n) is 4.20. The van der Waals surface area contributed by atoms with Crippen LogP contribution in [0.3, 0.4) is 0 Å². The minimum atomic E-state index is -0.0455. The molecule has 9 nitrogen and oxygen atoms in total. The molecule has 2 aromatic heterocycles. The van der Waals surface area contributed by atoms with Crippen molar-refractivity contribution in [1.82, 2.24) is 25.1 Å². The van der Waals surface area contributed by atoms with E-state index in [1.165, 1.54) is 0 Å². The number of hydrogen-bond donors (Lipinski definition) is 3. The molecule has 1 aliphatic carbocycles. The third-order valence-corrected chi connectivity index (χ3v) is 6.05. The number of benzene rings is 1. The first-order valence-electron chi connectivity index (χ1n) is 11.1. The van der Waals surface area contributed by atoms with Crippen LogP contribution in [-0.2, 0) is 9.53 Å². The van der Waals surface area contributed by atoms with E-state index in [1.807, 2.05) is 31.2 Å². The van der Waals surface area contributed by atoms with E-state index in [0.29, 0.717) is 18.7 Å². The number of fused-ring (bicyclic) bond motifs is 1. The molecule has 2 heterocycles. The lowest BCUT2D eigenvalue weighted by Crippen LogP contribution is -2.48. The van der Waals surface area contributed by atoms with Gasteiger partial charge in [0, 0.05) is 31.5 Å². The van der Waals surface area contributed by atoms with Gasteiger partial charge in [0.15, 0.2) is 11.5 Å². The smallest absolute Gasteiger partial charge is 0.222 e. The van der Waals surface area contributed by atoms with Gasteiger partial charge in [0.2, 0.25) is 5.91 Å². The second-order valence-corrected chi connectivity index (χ2v) is 8.31. The Morgan fingerprint density at radius 1 is 1.16 bits per heavy atom. The summed E-state index contributed by atoms with van der Waals surface area (Å²) in [5.41, 5.74) is 1.69. The van der Waals surface area contributed by atoms with E-state index in [0.717, 1.165) is 42.9 Å². The minimum Gasteiger partial charge on any atom is -0.508 e. The SMILES string of the molecule is COCCC(=O)N[C@@H]1CCCC[C@@H]1Nc1ccc2nnc([C@@H](C)c3ccc(O)cc3)n2n1. The Bertz CT molecular complexity index is 1050. The Balaban J connectivity index is 1.52. The summed E-state index contributed by atoms with van der Waals surface area (Å²) in [4.78, 5) is 12.2. The first kappa shape index (κ1) is 22.0. The summed E-state index contributed by atoms with van der Waals surface area (Å²) in [5.74, 6) is 1.64. The summed E-state index contributed by atoms with van der Waals surface area (Å²) in [6.07, 6.45) is 4.48. The van der Waals surface area contributed by atoms with Crippen LogP contribution in [-0.4, -0.2) is 56.6 Å². The molecule has 1 saturated carbocycles. The third-order valence-electron chi connectivity index (χ3n) is 6.05. The number of aromatic nitrogens is 4. The van der Waals surface area contributed by atoms with Crippen molar-refractivity contribution in [2.45, 2.75) is 57.0 Å². The van der Waals surface area contributed by atoms with Gasteiger partial charge >= 0.3 is 0 Å². The molecule has 3 aromatic rings. The van der Waals surface area contributed by atoms with Crippen LogP contribution < -0.4 is 10.6 Å². The number of rotatable bonds is 8. The molecule has 1 amide bonds. The van der Waals surface area contributed by atoms with Crippen LogP contribution in [0.2, 0.25) is 0 Å². The predicted molar refractivity (Wildman–Crippen MR) is 121 cm³/mol. The number of nitrogens with one attached hydrogen (secondary N) is 2. The molecule has 1 fully saturated rings. The fourth-order valence-corrected chi connectivity index (χ4v) is 4.20. The molecule has 3 N–H and O–H groups in total. The number of aromatic hydroxyl groups is 1. The molecule has 0 radical (unpaired) electrons. The molecular formula is C23H30N6O3. The zero-order valence-electron chi connectivity index (χ0n) is 18.5. The first-order chi connectivity index (χ1) is 15.5. The Hall–Kier alpha value is -3.20. The molecule has 170 valence electrons. The Kier molecular flexibility index (Phi) is 6.84. The van der Waals surface area contributed by atoms with Crippen LogP contribution in [0.1, 0.15) is 56.3 Å². The number of ether oxygens (including phenoxy) is 1. The predicted octanol–water partition coefficient (Wildman–Crippen LogP) is 2.86. The number of hydrogen-bond acceptors (Lipinski definition) is 7. The van der Waals surface area contributed by atoms with E-state index in [1.54, 1.807) is 23.8 Å². The van der Waals surface area contributed by atoms with Crippen LogP contribution in [0.5, 0.6) is 5.75 Å². The standard InChI is InChI=1S/C23H30N6O3/c1-15(16-7-9-17(30)10-8-16)23-27-26-21-12-11-20(28-29(21)23)24-18-5-3-4-6-19(18)25-22(31)13-14-32-2/h7-12,15,18-19,30H,3-6,13-14H2,1-2H3,(H,24,28)(H,25,31)/t15-,18-,19+/m0/s1. The zero-order chi connectivity index (χ0) is 22.5. The number of anilines is 1. The van der Waals surface area contributed by atoms with Gasteiger partial charge in [-0.15, -0.1) is 15.3 Å². The van der Waals surface area contributed by atoms with Crippen molar-refractivity contribution in [1.29, 1.82) is 0 Å². The number of methoxy groups -OCH3 is 1. The first-order valence-corrected chi connectivity index (χ1v) is 11.1. The van der Waals surface area contributed by atoms with Crippen molar-refractivity contribution >= 4 is 17.4 Å². The highest BCUT2D eigenvalue weighted by molar-refractivity contribution is 5.76. The summed E-state index contributed by atoms with van der Waals surface area (Å²) in [5, 5.41) is 29.6. The summed E-state index contributed by atoms with van der Waals surface area (Å²) in [7, 11) is 1.60. The maximum atomic E-state index is 12.2. The van der Waals surface area contributed by atoms with E-state index in [-0.39, 0.29) is 29.7 Å². The van der Waals surface area contributed by atoms with Gasteiger partial charge in [0.25, 0.3) is 0 Å². The quantitative estimate of drug-likeness (QED) is 0.495. The van der Waals surface area contributed by atoms with Gasteiger partial charge < -0.3 is 20.5 Å². The van der Waals surface area contributed by atoms with Crippen LogP contribution in [0, 0.1) is 0 Å². The number of nitrogens with zero attached hydrogens (tertiary/aromatic N) is 4. The van der Waals surface area contributed by atoms with E-state index >= 15 is 0 Å². The van der Waals surface area contributed by atoms with E-state index < -0.39 is 0 Å². The highest BCUT2D eigenvalue weighted by atomic mass is 16.5. The van der Waals surface area contributed by atoms with Gasteiger partial charge in [-0.2, -0.15) is 4.52 Å². The molecule has 0 bridgehead atoms. The average molecular weight is 439 g/mol. The highest BCUT2D eigenvalue weighted by Crippen LogP contribution is 2.26. The molecule has 0 saturated heterocycles. The minimum absolute atomic E-state index is 0.0118. The molecule has 0 aliphatic heterocycles. The molecule has 0 spiro atoms. The van der Waals surface area contributed by atoms with Crippen LogP contribution in [0.25, 0.3) is 5.65 Å². The molecule has 4 rings (SSSR count). The molecule has 1 aliphatic rings. The lowest BCUT2D eigenvalue weighted by Gasteiger charge is -2.33. The summed E-state index contributed by atoms with van der Waals surface area (Å²) < 4.78 is 6.77. The molecule has 3 atom stereocenters. The fraction of sp³-hybridized carbons (Fsp3) is 0.478. The van der Waals surface area contributed by atoms with Gasteiger partial charge in [0.1, 0.15) is 11.6 Å². The molecule has 1 aromatic carbocycles. The van der Waals surface area contributed by atoms with Gasteiger partial charge in [-0.1, -0.05) is 31.9 Å². The average Bonchev–Trinajstić information content (AvgIpc) is 3.22. The van der Waals surface area contributed by atoms with E-state index in [4.69, 9.17) is 9.84 Å². The molecular weight excluding hydrogens is 408 g/mol. The Labute approximate surface area is 187 Å². The maximum absolute atomic E-state index is 12.2. The van der Waals surface area contributed by atoms with E-state index in [9.17, 15) is 9.90 Å². The maximum Gasteiger partial charge on any atom is 0.222 e. The van der Waals surface area contributed by atoms with Crippen LogP contribution in [0.4, 0.5) is 5.82 Å². The van der Waals surface area contributed by atoms with Crippen molar-refractivity contribution < 1.29 is 14.6 Å². The second kappa shape index (κ2) is 9.95. The lowest BCUT2D eigenvalue weighted by molar-refractivity contribution is -0.122. The zero-order valence-corrected chi connectivity index (χ0v) is 18.5. The van der Waals surface area contributed by atoms with Gasteiger partial charge in [0.05, 0.1) is 6.61 Å². The van der Waals surface area contributed by atoms with Crippen molar-refractivity contribution in [2.24, 2.45) is 0 Å². The summed E-state index contributed by atoms with van der Waals surface area (Å²) in [6, 6.07) is 11.0. The third kappa shape index (κ3) is 4.99.